The van der Waals surface area contributed by atoms with Gasteiger partial charge in [0.1, 0.15) is 0 Å². The minimum absolute atomic E-state index is 0.176. The molecule has 0 aromatic rings. The SMILES string of the molecule is CCCCCOCCOS(=O)O. The summed E-state index contributed by atoms with van der Waals surface area (Å²) in [4.78, 5) is 0. The summed E-state index contributed by atoms with van der Waals surface area (Å²) in [6, 6.07) is 0. The molecule has 0 aliphatic rings. The van der Waals surface area contributed by atoms with Gasteiger partial charge in [-0.25, -0.2) is 0 Å². The first kappa shape index (κ1) is 12.0. The molecule has 0 bridgehead atoms. The lowest BCUT2D eigenvalue weighted by Crippen LogP contribution is -2.06. The van der Waals surface area contributed by atoms with Crippen molar-refractivity contribution in [2.45, 2.75) is 26.2 Å². The first-order chi connectivity index (χ1) is 5.77. The number of rotatable bonds is 8. The molecule has 0 saturated heterocycles. The van der Waals surface area contributed by atoms with Crippen LogP contribution in [0.3, 0.4) is 0 Å². The van der Waals surface area contributed by atoms with Crippen molar-refractivity contribution < 1.29 is 17.7 Å². The summed E-state index contributed by atoms with van der Waals surface area (Å²) in [6.45, 7) is 3.39. The van der Waals surface area contributed by atoms with Crippen molar-refractivity contribution in [3.63, 3.8) is 0 Å². The quantitative estimate of drug-likeness (QED) is 0.470. The lowest BCUT2D eigenvalue weighted by molar-refractivity contribution is 0.0985. The second kappa shape index (κ2) is 9.12. The van der Waals surface area contributed by atoms with E-state index in [-0.39, 0.29) is 6.61 Å². The van der Waals surface area contributed by atoms with Crippen molar-refractivity contribution >= 4 is 11.4 Å². The molecule has 0 rings (SSSR count). The molecule has 0 aliphatic heterocycles. The van der Waals surface area contributed by atoms with E-state index in [1.165, 1.54) is 6.42 Å². The highest BCUT2D eigenvalue weighted by Crippen LogP contribution is 1.93. The fourth-order valence-electron chi connectivity index (χ4n) is 0.720. The number of unbranched alkanes of at least 4 members (excludes halogenated alkanes) is 2. The van der Waals surface area contributed by atoms with Crippen molar-refractivity contribution in [1.82, 2.24) is 0 Å². The van der Waals surface area contributed by atoms with Gasteiger partial charge in [-0.2, -0.15) is 4.21 Å². The van der Waals surface area contributed by atoms with Gasteiger partial charge < -0.3 is 4.74 Å². The molecule has 0 aromatic carbocycles. The first-order valence-corrected chi connectivity index (χ1v) is 5.12. The van der Waals surface area contributed by atoms with Gasteiger partial charge in [-0.05, 0) is 6.42 Å². The maximum absolute atomic E-state index is 9.97. The van der Waals surface area contributed by atoms with Gasteiger partial charge in [0.15, 0.2) is 0 Å². The zero-order valence-electron chi connectivity index (χ0n) is 7.32. The zero-order chi connectivity index (χ0) is 9.23. The lowest BCUT2D eigenvalue weighted by atomic mass is 10.3. The maximum Gasteiger partial charge on any atom is 0.301 e. The van der Waals surface area contributed by atoms with E-state index in [4.69, 9.17) is 9.29 Å². The highest BCUT2D eigenvalue weighted by atomic mass is 32.2. The van der Waals surface area contributed by atoms with Gasteiger partial charge in [0, 0.05) is 6.61 Å². The lowest BCUT2D eigenvalue weighted by Gasteiger charge is -2.01. The predicted molar refractivity (Wildman–Crippen MR) is 47.1 cm³/mol. The molecule has 1 atom stereocenters. The molecule has 0 amide bonds. The third-order valence-corrected chi connectivity index (χ3v) is 1.67. The van der Waals surface area contributed by atoms with E-state index in [1.54, 1.807) is 0 Å². The smallest absolute Gasteiger partial charge is 0.301 e. The fourth-order valence-corrected chi connectivity index (χ4v) is 0.931. The molecule has 4 nitrogen and oxygen atoms in total. The van der Waals surface area contributed by atoms with Crippen molar-refractivity contribution in [2.24, 2.45) is 0 Å². The van der Waals surface area contributed by atoms with Crippen LogP contribution < -0.4 is 0 Å². The number of ether oxygens (including phenoxy) is 1. The zero-order valence-corrected chi connectivity index (χ0v) is 8.14. The Morgan fingerprint density at radius 1 is 1.25 bits per heavy atom. The summed E-state index contributed by atoms with van der Waals surface area (Å²) in [5, 5.41) is 0. The van der Waals surface area contributed by atoms with Crippen molar-refractivity contribution in [1.29, 1.82) is 0 Å². The largest absolute Gasteiger partial charge is 0.379 e. The molecule has 74 valence electrons. The predicted octanol–water partition coefficient (Wildman–Crippen LogP) is 1.35. The Balaban J connectivity index is 2.86. The second-order valence-corrected chi connectivity index (χ2v) is 3.03. The molecule has 5 heteroatoms. The van der Waals surface area contributed by atoms with Crippen LogP contribution in [0.15, 0.2) is 0 Å². The van der Waals surface area contributed by atoms with Gasteiger partial charge in [-0.1, -0.05) is 19.8 Å². The average Bonchev–Trinajstić information content (AvgIpc) is 2.02. The molecule has 0 radical (unpaired) electrons. The van der Waals surface area contributed by atoms with E-state index < -0.39 is 11.4 Å². The van der Waals surface area contributed by atoms with Crippen LogP contribution in [0.4, 0.5) is 0 Å². The van der Waals surface area contributed by atoms with Gasteiger partial charge in [0.2, 0.25) is 0 Å². The minimum atomic E-state index is -2.15. The standard InChI is InChI=1S/C7H16O4S/c1-2-3-4-5-10-6-7-11-12(8)9/h2-7H2,1H3,(H,8,9). The summed E-state index contributed by atoms with van der Waals surface area (Å²) in [5.74, 6) is 0. The van der Waals surface area contributed by atoms with Crippen LogP contribution in [-0.2, 0) is 20.3 Å². The Morgan fingerprint density at radius 2 is 2.00 bits per heavy atom. The summed E-state index contributed by atoms with van der Waals surface area (Å²) in [5.41, 5.74) is 0. The normalized spacial score (nSPS) is 13.2. The van der Waals surface area contributed by atoms with Crippen molar-refractivity contribution in [3.8, 4) is 0 Å². The van der Waals surface area contributed by atoms with Gasteiger partial charge in [0.05, 0.1) is 13.2 Å². The summed E-state index contributed by atoms with van der Waals surface area (Å²) in [6.07, 6.45) is 3.37. The van der Waals surface area contributed by atoms with Gasteiger partial charge in [-0.15, -0.1) is 0 Å². The van der Waals surface area contributed by atoms with Crippen LogP contribution in [0.5, 0.6) is 0 Å². The van der Waals surface area contributed by atoms with Gasteiger partial charge in [-0.3, -0.25) is 8.74 Å². The third kappa shape index (κ3) is 10.0. The van der Waals surface area contributed by atoms with E-state index in [0.29, 0.717) is 13.2 Å². The van der Waals surface area contributed by atoms with E-state index in [2.05, 4.69) is 11.1 Å². The molecule has 0 spiro atoms. The molecule has 1 unspecified atom stereocenters. The Hall–Kier alpha value is 0.0300. The molecular weight excluding hydrogens is 180 g/mol. The molecule has 0 saturated carbocycles. The Morgan fingerprint density at radius 3 is 2.58 bits per heavy atom. The maximum atomic E-state index is 9.97. The Labute approximate surface area is 75.7 Å². The van der Waals surface area contributed by atoms with E-state index in [1.807, 2.05) is 0 Å². The van der Waals surface area contributed by atoms with E-state index in [9.17, 15) is 4.21 Å². The van der Waals surface area contributed by atoms with Gasteiger partial charge >= 0.3 is 11.4 Å². The number of hydrogen-bond acceptors (Lipinski definition) is 3. The first-order valence-electron chi connectivity index (χ1n) is 4.09. The molecule has 12 heavy (non-hydrogen) atoms. The minimum Gasteiger partial charge on any atom is -0.379 e. The molecule has 0 aliphatic carbocycles. The summed E-state index contributed by atoms with van der Waals surface area (Å²) in [7, 11) is 0. The van der Waals surface area contributed by atoms with Crippen LogP contribution in [-0.4, -0.2) is 28.6 Å². The second-order valence-electron chi connectivity index (χ2n) is 2.36. The third-order valence-electron chi connectivity index (χ3n) is 1.30. The molecule has 0 heterocycles. The molecular formula is C7H16O4S. The van der Waals surface area contributed by atoms with Gasteiger partial charge in [0.25, 0.3) is 0 Å². The summed E-state index contributed by atoms with van der Waals surface area (Å²) >= 11 is -2.15. The molecule has 1 N–H and O–H groups in total. The monoisotopic (exact) mass is 196 g/mol. The summed E-state index contributed by atoms with van der Waals surface area (Å²) < 4.78 is 27.6. The highest BCUT2D eigenvalue weighted by molar-refractivity contribution is 7.74. The van der Waals surface area contributed by atoms with Crippen molar-refractivity contribution in [2.75, 3.05) is 19.8 Å². The highest BCUT2D eigenvalue weighted by Gasteiger charge is 1.92. The van der Waals surface area contributed by atoms with Crippen LogP contribution in [0, 0.1) is 0 Å². The van der Waals surface area contributed by atoms with E-state index in [0.717, 1.165) is 12.8 Å². The van der Waals surface area contributed by atoms with Crippen LogP contribution in [0.1, 0.15) is 26.2 Å². The van der Waals surface area contributed by atoms with E-state index >= 15 is 0 Å². The molecule has 0 fully saturated rings. The van der Waals surface area contributed by atoms with Crippen LogP contribution in [0.25, 0.3) is 0 Å². The van der Waals surface area contributed by atoms with Crippen molar-refractivity contribution in [3.05, 3.63) is 0 Å². The van der Waals surface area contributed by atoms with Crippen LogP contribution in [0.2, 0.25) is 0 Å². The fraction of sp³-hybridized carbons (Fsp3) is 1.00. The van der Waals surface area contributed by atoms with Crippen LogP contribution >= 0.6 is 0 Å². The Bertz CT molecular complexity index is 118. The topological polar surface area (TPSA) is 55.8 Å². The number of hydrogen-bond donors (Lipinski definition) is 1. The average molecular weight is 196 g/mol. The Kier molecular flexibility index (Phi) is 9.14. The molecule has 0 aromatic heterocycles.